The molecule has 0 heterocycles. The maximum atomic E-state index is 11.9. The third-order valence-corrected chi connectivity index (χ3v) is 2.78. The van der Waals surface area contributed by atoms with E-state index in [1.54, 1.807) is 24.3 Å². The SMILES string of the molecule is OC(CCCC(F)(F)F)Cc1ccccc1Cl. The minimum atomic E-state index is -4.15. The summed E-state index contributed by atoms with van der Waals surface area (Å²) in [6.45, 7) is 0. The van der Waals surface area contributed by atoms with Gasteiger partial charge < -0.3 is 5.11 Å². The molecule has 0 aliphatic carbocycles. The van der Waals surface area contributed by atoms with Gasteiger partial charge >= 0.3 is 6.18 Å². The number of hydrogen-bond donors (Lipinski definition) is 1. The van der Waals surface area contributed by atoms with Crippen LogP contribution in [0.5, 0.6) is 0 Å². The van der Waals surface area contributed by atoms with Gasteiger partial charge in [0.05, 0.1) is 6.10 Å². The van der Waals surface area contributed by atoms with Crippen LogP contribution < -0.4 is 0 Å². The van der Waals surface area contributed by atoms with E-state index >= 15 is 0 Å². The Bertz CT molecular complexity index is 352. The molecule has 1 rings (SSSR count). The van der Waals surface area contributed by atoms with Gasteiger partial charge in [-0.2, -0.15) is 13.2 Å². The van der Waals surface area contributed by atoms with E-state index in [-0.39, 0.29) is 19.3 Å². The number of aliphatic hydroxyl groups is 1. The van der Waals surface area contributed by atoms with E-state index in [2.05, 4.69) is 0 Å². The van der Waals surface area contributed by atoms with Crippen molar-refractivity contribution in [3.8, 4) is 0 Å². The van der Waals surface area contributed by atoms with Gasteiger partial charge in [-0.25, -0.2) is 0 Å². The molecule has 1 atom stereocenters. The fourth-order valence-corrected chi connectivity index (χ4v) is 1.77. The first-order valence-corrected chi connectivity index (χ1v) is 5.74. The third kappa shape index (κ3) is 5.94. The predicted molar refractivity (Wildman–Crippen MR) is 61.1 cm³/mol. The molecule has 17 heavy (non-hydrogen) atoms. The van der Waals surface area contributed by atoms with Gasteiger partial charge in [-0.1, -0.05) is 29.8 Å². The molecule has 0 aromatic heterocycles. The minimum Gasteiger partial charge on any atom is -0.393 e. The van der Waals surface area contributed by atoms with Crippen molar-refractivity contribution in [2.45, 2.75) is 38.0 Å². The predicted octanol–water partition coefficient (Wildman–Crippen LogP) is 3.98. The summed E-state index contributed by atoms with van der Waals surface area (Å²) in [5, 5.41) is 10.1. The number of rotatable bonds is 5. The van der Waals surface area contributed by atoms with Gasteiger partial charge in [0.2, 0.25) is 0 Å². The van der Waals surface area contributed by atoms with Crippen molar-refractivity contribution in [2.24, 2.45) is 0 Å². The fraction of sp³-hybridized carbons (Fsp3) is 0.500. The van der Waals surface area contributed by atoms with Gasteiger partial charge in [0, 0.05) is 11.4 Å². The normalized spacial score (nSPS) is 13.7. The second kappa shape index (κ2) is 6.26. The lowest BCUT2D eigenvalue weighted by molar-refractivity contribution is -0.136. The molecule has 1 aromatic rings. The van der Waals surface area contributed by atoms with Crippen LogP contribution in [0.25, 0.3) is 0 Å². The highest BCUT2D eigenvalue weighted by Gasteiger charge is 2.26. The lowest BCUT2D eigenvalue weighted by atomic mass is 10.0. The lowest BCUT2D eigenvalue weighted by Crippen LogP contribution is -2.13. The lowest BCUT2D eigenvalue weighted by Gasteiger charge is -2.12. The number of benzene rings is 1. The van der Waals surface area contributed by atoms with E-state index in [4.69, 9.17) is 11.6 Å². The highest BCUT2D eigenvalue weighted by molar-refractivity contribution is 6.31. The summed E-state index contributed by atoms with van der Waals surface area (Å²) in [7, 11) is 0. The molecular weight excluding hydrogens is 253 g/mol. The Hall–Kier alpha value is -0.740. The first kappa shape index (κ1) is 14.3. The quantitative estimate of drug-likeness (QED) is 0.855. The maximum Gasteiger partial charge on any atom is 0.389 e. The average molecular weight is 267 g/mol. The second-order valence-corrected chi connectivity index (χ2v) is 4.36. The molecule has 0 amide bonds. The molecule has 0 saturated carbocycles. The van der Waals surface area contributed by atoms with Crippen LogP contribution in [0.3, 0.4) is 0 Å². The van der Waals surface area contributed by atoms with E-state index in [9.17, 15) is 18.3 Å². The fourth-order valence-electron chi connectivity index (χ4n) is 1.56. The van der Waals surface area contributed by atoms with Crippen molar-refractivity contribution < 1.29 is 18.3 Å². The molecular formula is C12H14ClF3O. The van der Waals surface area contributed by atoms with Gasteiger partial charge in [0.1, 0.15) is 0 Å². The highest BCUT2D eigenvalue weighted by atomic mass is 35.5. The molecule has 1 N–H and O–H groups in total. The van der Waals surface area contributed by atoms with E-state index in [1.165, 1.54) is 0 Å². The summed E-state index contributed by atoms with van der Waals surface area (Å²) >= 11 is 5.88. The van der Waals surface area contributed by atoms with Crippen molar-refractivity contribution in [2.75, 3.05) is 0 Å². The number of hydrogen-bond acceptors (Lipinski definition) is 1. The summed E-state index contributed by atoms with van der Waals surface area (Å²) in [6.07, 6.45) is -5.43. The van der Waals surface area contributed by atoms with Crippen LogP contribution in [0.1, 0.15) is 24.8 Å². The monoisotopic (exact) mass is 266 g/mol. The topological polar surface area (TPSA) is 20.2 Å². The molecule has 0 bridgehead atoms. The zero-order chi connectivity index (χ0) is 12.9. The first-order chi connectivity index (χ1) is 7.88. The first-order valence-electron chi connectivity index (χ1n) is 5.37. The van der Waals surface area contributed by atoms with Crippen molar-refractivity contribution in [3.05, 3.63) is 34.9 Å². The number of alkyl halides is 3. The van der Waals surface area contributed by atoms with Gasteiger partial charge in [-0.05, 0) is 30.9 Å². The Morgan fingerprint density at radius 2 is 1.88 bits per heavy atom. The van der Waals surface area contributed by atoms with Gasteiger partial charge in [0.15, 0.2) is 0 Å². The molecule has 0 saturated heterocycles. The molecule has 1 aromatic carbocycles. The Kier molecular flexibility index (Phi) is 5.28. The van der Waals surface area contributed by atoms with E-state index in [0.29, 0.717) is 5.02 Å². The highest BCUT2D eigenvalue weighted by Crippen LogP contribution is 2.24. The molecule has 0 spiro atoms. The van der Waals surface area contributed by atoms with Crippen molar-refractivity contribution in [1.82, 2.24) is 0 Å². The summed E-state index contributed by atoms with van der Waals surface area (Å²) in [4.78, 5) is 0. The average Bonchev–Trinajstić information content (AvgIpc) is 2.19. The molecule has 5 heteroatoms. The van der Waals surface area contributed by atoms with Crippen LogP contribution in [-0.4, -0.2) is 17.4 Å². The second-order valence-electron chi connectivity index (χ2n) is 3.96. The van der Waals surface area contributed by atoms with E-state index < -0.39 is 18.7 Å². The molecule has 0 aliphatic rings. The zero-order valence-corrected chi connectivity index (χ0v) is 9.93. The van der Waals surface area contributed by atoms with E-state index in [1.807, 2.05) is 0 Å². The van der Waals surface area contributed by atoms with E-state index in [0.717, 1.165) is 5.56 Å². The molecule has 0 fully saturated rings. The largest absolute Gasteiger partial charge is 0.393 e. The Balaban J connectivity index is 2.35. The van der Waals surface area contributed by atoms with Gasteiger partial charge in [-0.15, -0.1) is 0 Å². The molecule has 1 nitrogen and oxygen atoms in total. The summed E-state index contributed by atoms with van der Waals surface area (Å²) < 4.78 is 35.7. The van der Waals surface area contributed by atoms with Crippen molar-refractivity contribution >= 4 is 11.6 Å². The van der Waals surface area contributed by atoms with Gasteiger partial charge in [-0.3, -0.25) is 0 Å². The van der Waals surface area contributed by atoms with Crippen LogP contribution in [0.2, 0.25) is 5.02 Å². The molecule has 0 aliphatic heterocycles. The minimum absolute atomic E-state index is 0.0604. The molecule has 0 radical (unpaired) electrons. The van der Waals surface area contributed by atoms with Crippen LogP contribution in [0.15, 0.2) is 24.3 Å². The number of halogens is 4. The van der Waals surface area contributed by atoms with Crippen LogP contribution in [-0.2, 0) is 6.42 Å². The molecule has 1 unspecified atom stereocenters. The maximum absolute atomic E-state index is 11.9. The Labute approximate surface area is 103 Å². The summed E-state index contributed by atoms with van der Waals surface area (Å²) in [5.74, 6) is 0. The summed E-state index contributed by atoms with van der Waals surface area (Å²) in [5.41, 5.74) is 0.758. The van der Waals surface area contributed by atoms with Crippen molar-refractivity contribution in [1.29, 1.82) is 0 Å². The smallest absolute Gasteiger partial charge is 0.389 e. The standard InChI is InChI=1S/C12H14ClF3O/c13-11-6-2-1-4-9(11)8-10(17)5-3-7-12(14,15)16/h1-2,4,6,10,17H,3,5,7-8H2. The van der Waals surface area contributed by atoms with Crippen LogP contribution in [0.4, 0.5) is 13.2 Å². The van der Waals surface area contributed by atoms with Crippen LogP contribution in [0, 0.1) is 0 Å². The van der Waals surface area contributed by atoms with Gasteiger partial charge in [0.25, 0.3) is 0 Å². The Morgan fingerprint density at radius 1 is 1.24 bits per heavy atom. The van der Waals surface area contributed by atoms with Crippen LogP contribution >= 0.6 is 11.6 Å². The number of aliphatic hydroxyl groups excluding tert-OH is 1. The summed E-state index contributed by atoms with van der Waals surface area (Å²) in [6, 6.07) is 7.00. The zero-order valence-electron chi connectivity index (χ0n) is 9.17. The molecule has 96 valence electrons. The third-order valence-electron chi connectivity index (χ3n) is 2.41. The van der Waals surface area contributed by atoms with Crippen molar-refractivity contribution in [3.63, 3.8) is 0 Å². The Morgan fingerprint density at radius 3 is 2.47 bits per heavy atom.